The molecule has 1 atom stereocenters. The smallest absolute Gasteiger partial charge is 0.251 e. The number of amides is 2. The maximum atomic E-state index is 12.7. The van der Waals surface area contributed by atoms with Crippen molar-refractivity contribution in [1.82, 2.24) is 10.2 Å². The molecule has 4 rings (SSSR count). The number of likely N-dealkylation sites (tertiary alicyclic amines) is 1. The van der Waals surface area contributed by atoms with E-state index in [-0.39, 0.29) is 24.4 Å². The van der Waals surface area contributed by atoms with Crippen molar-refractivity contribution in [3.05, 3.63) is 59.7 Å². The molecule has 0 spiro atoms. The first-order chi connectivity index (χ1) is 13.2. The van der Waals surface area contributed by atoms with Gasteiger partial charge < -0.3 is 19.7 Å². The van der Waals surface area contributed by atoms with E-state index in [4.69, 9.17) is 9.47 Å². The first-order valence-corrected chi connectivity index (χ1v) is 9.24. The summed E-state index contributed by atoms with van der Waals surface area (Å²) in [5, 5.41) is 2.72. The highest BCUT2D eigenvalue weighted by Crippen LogP contribution is 2.38. The molecule has 0 saturated carbocycles. The lowest BCUT2D eigenvalue weighted by molar-refractivity contribution is -0.131. The lowest BCUT2D eigenvalue weighted by Gasteiger charge is -2.27. The molecule has 2 heterocycles. The minimum absolute atomic E-state index is 0.00181. The second-order valence-corrected chi connectivity index (χ2v) is 6.70. The van der Waals surface area contributed by atoms with Crippen LogP contribution in [0.2, 0.25) is 0 Å². The van der Waals surface area contributed by atoms with Crippen LogP contribution in [0.3, 0.4) is 0 Å². The van der Waals surface area contributed by atoms with Crippen LogP contribution in [0, 0.1) is 0 Å². The number of carbonyl (C=O) groups is 2. The fourth-order valence-electron chi connectivity index (χ4n) is 3.63. The van der Waals surface area contributed by atoms with Crippen molar-refractivity contribution in [3.63, 3.8) is 0 Å². The molecular formula is C21H22N2O4. The molecule has 2 amide bonds. The van der Waals surface area contributed by atoms with E-state index in [0.717, 1.165) is 29.9 Å². The van der Waals surface area contributed by atoms with Gasteiger partial charge in [-0.2, -0.15) is 0 Å². The zero-order valence-electron chi connectivity index (χ0n) is 15.0. The van der Waals surface area contributed by atoms with Crippen LogP contribution in [0.5, 0.6) is 11.5 Å². The minimum Gasteiger partial charge on any atom is -0.486 e. The van der Waals surface area contributed by atoms with Gasteiger partial charge in [-0.05, 0) is 42.7 Å². The molecule has 0 bridgehead atoms. The zero-order chi connectivity index (χ0) is 18.6. The molecule has 2 aliphatic heterocycles. The average Bonchev–Trinajstić information content (AvgIpc) is 3.22. The molecule has 0 radical (unpaired) electrons. The molecule has 2 aliphatic rings. The Labute approximate surface area is 158 Å². The number of carbonyl (C=O) groups excluding carboxylic acids is 2. The molecule has 27 heavy (non-hydrogen) atoms. The summed E-state index contributed by atoms with van der Waals surface area (Å²) >= 11 is 0. The topological polar surface area (TPSA) is 67.9 Å². The predicted molar refractivity (Wildman–Crippen MR) is 99.9 cm³/mol. The molecule has 1 N–H and O–H groups in total. The normalized spacial score (nSPS) is 18.2. The average molecular weight is 366 g/mol. The Kier molecular flexibility index (Phi) is 4.96. The maximum Gasteiger partial charge on any atom is 0.251 e. The first-order valence-electron chi connectivity index (χ1n) is 9.24. The molecule has 1 unspecified atom stereocenters. The summed E-state index contributed by atoms with van der Waals surface area (Å²) in [5.74, 6) is 1.17. The summed E-state index contributed by atoms with van der Waals surface area (Å²) < 4.78 is 11.2. The van der Waals surface area contributed by atoms with Crippen LogP contribution >= 0.6 is 0 Å². The van der Waals surface area contributed by atoms with Crippen LogP contribution in [0.25, 0.3) is 0 Å². The Morgan fingerprint density at radius 2 is 1.81 bits per heavy atom. The summed E-state index contributed by atoms with van der Waals surface area (Å²) in [4.78, 5) is 26.7. The standard InChI is InChI=1S/C21H22N2O4/c24-20(14-22-21(25)15-5-2-1-3-6-15)23-10-4-7-17(23)16-8-9-18-19(13-16)27-12-11-26-18/h1-3,5-6,8-9,13,17H,4,7,10-12,14H2,(H,22,25). The van der Waals surface area contributed by atoms with E-state index < -0.39 is 0 Å². The highest BCUT2D eigenvalue weighted by atomic mass is 16.6. The molecule has 140 valence electrons. The summed E-state index contributed by atoms with van der Waals surface area (Å²) in [7, 11) is 0. The second-order valence-electron chi connectivity index (χ2n) is 6.70. The van der Waals surface area contributed by atoms with Crippen molar-refractivity contribution in [2.24, 2.45) is 0 Å². The highest BCUT2D eigenvalue weighted by molar-refractivity contribution is 5.96. The van der Waals surface area contributed by atoms with E-state index in [9.17, 15) is 9.59 Å². The van der Waals surface area contributed by atoms with Crippen LogP contribution in [0.4, 0.5) is 0 Å². The van der Waals surface area contributed by atoms with Crippen LogP contribution in [-0.4, -0.2) is 43.0 Å². The van der Waals surface area contributed by atoms with Gasteiger partial charge in [-0.3, -0.25) is 9.59 Å². The van der Waals surface area contributed by atoms with Crippen LogP contribution in [-0.2, 0) is 4.79 Å². The molecular weight excluding hydrogens is 344 g/mol. The van der Waals surface area contributed by atoms with Gasteiger partial charge in [-0.25, -0.2) is 0 Å². The number of benzene rings is 2. The molecule has 2 aromatic carbocycles. The van der Waals surface area contributed by atoms with E-state index in [1.54, 1.807) is 24.3 Å². The third-order valence-corrected chi connectivity index (χ3v) is 4.96. The summed E-state index contributed by atoms with van der Waals surface area (Å²) in [6, 6.07) is 14.8. The van der Waals surface area contributed by atoms with Crippen LogP contribution < -0.4 is 14.8 Å². The Morgan fingerprint density at radius 3 is 2.63 bits per heavy atom. The number of hydrogen-bond donors (Lipinski definition) is 1. The number of rotatable bonds is 4. The van der Waals surface area contributed by atoms with Gasteiger partial charge in [-0.15, -0.1) is 0 Å². The lowest BCUT2D eigenvalue weighted by Crippen LogP contribution is -2.39. The van der Waals surface area contributed by atoms with Crippen LogP contribution in [0.1, 0.15) is 34.8 Å². The number of ether oxygens (including phenoxy) is 2. The summed E-state index contributed by atoms with van der Waals surface area (Å²) in [6.45, 7) is 1.78. The molecule has 0 aromatic heterocycles. The van der Waals surface area contributed by atoms with Crippen molar-refractivity contribution in [2.75, 3.05) is 26.3 Å². The lowest BCUT2D eigenvalue weighted by atomic mass is 10.0. The van der Waals surface area contributed by atoms with E-state index >= 15 is 0 Å². The van der Waals surface area contributed by atoms with Gasteiger partial charge in [0.25, 0.3) is 5.91 Å². The second kappa shape index (κ2) is 7.70. The van der Waals surface area contributed by atoms with Crippen molar-refractivity contribution in [1.29, 1.82) is 0 Å². The monoisotopic (exact) mass is 366 g/mol. The van der Waals surface area contributed by atoms with Gasteiger partial charge in [0, 0.05) is 12.1 Å². The number of fused-ring (bicyclic) bond motifs is 1. The van der Waals surface area contributed by atoms with Gasteiger partial charge in [-0.1, -0.05) is 24.3 Å². The number of hydrogen-bond acceptors (Lipinski definition) is 4. The van der Waals surface area contributed by atoms with Gasteiger partial charge in [0.2, 0.25) is 5.91 Å². The van der Waals surface area contributed by atoms with E-state index in [2.05, 4.69) is 5.32 Å². The molecule has 2 aromatic rings. The highest BCUT2D eigenvalue weighted by Gasteiger charge is 2.30. The van der Waals surface area contributed by atoms with E-state index in [1.807, 2.05) is 29.2 Å². The van der Waals surface area contributed by atoms with Crippen LogP contribution in [0.15, 0.2) is 48.5 Å². The zero-order valence-corrected chi connectivity index (χ0v) is 15.0. The fourth-order valence-corrected chi connectivity index (χ4v) is 3.63. The Morgan fingerprint density at radius 1 is 1.04 bits per heavy atom. The van der Waals surface area contributed by atoms with Crippen molar-refractivity contribution in [3.8, 4) is 11.5 Å². The van der Waals surface area contributed by atoms with Crippen molar-refractivity contribution in [2.45, 2.75) is 18.9 Å². The Hall–Kier alpha value is -3.02. The molecule has 1 saturated heterocycles. The minimum atomic E-state index is -0.237. The van der Waals surface area contributed by atoms with Gasteiger partial charge >= 0.3 is 0 Å². The maximum absolute atomic E-state index is 12.7. The summed E-state index contributed by atoms with van der Waals surface area (Å²) in [6.07, 6.45) is 1.84. The quantitative estimate of drug-likeness (QED) is 0.903. The van der Waals surface area contributed by atoms with Gasteiger partial charge in [0.15, 0.2) is 11.5 Å². The van der Waals surface area contributed by atoms with Crippen molar-refractivity contribution < 1.29 is 19.1 Å². The largest absolute Gasteiger partial charge is 0.486 e. The van der Waals surface area contributed by atoms with Gasteiger partial charge in [0.05, 0.1) is 12.6 Å². The molecule has 1 fully saturated rings. The Balaban J connectivity index is 1.42. The van der Waals surface area contributed by atoms with E-state index in [0.29, 0.717) is 25.3 Å². The Bertz CT molecular complexity index is 837. The fraction of sp³-hybridized carbons (Fsp3) is 0.333. The molecule has 6 nitrogen and oxygen atoms in total. The van der Waals surface area contributed by atoms with Crippen molar-refractivity contribution >= 4 is 11.8 Å². The first kappa shape index (κ1) is 17.4. The number of nitrogens with zero attached hydrogens (tertiary/aromatic N) is 1. The van der Waals surface area contributed by atoms with E-state index in [1.165, 1.54) is 0 Å². The third-order valence-electron chi connectivity index (χ3n) is 4.96. The van der Waals surface area contributed by atoms with Gasteiger partial charge in [0.1, 0.15) is 13.2 Å². The molecule has 0 aliphatic carbocycles. The third kappa shape index (κ3) is 3.74. The number of nitrogens with one attached hydrogen (secondary N) is 1. The predicted octanol–water partition coefficient (Wildman–Crippen LogP) is 2.55. The SMILES string of the molecule is O=C(NCC(=O)N1CCCC1c1ccc2c(c1)OCCO2)c1ccccc1. The molecule has 6 heteroatoms. The summed E-state index contributed by atoms with van der Waals surface area (Å²) in [5.41, 5.74) is 1.59.